The molecule has 0 aromatic rings. The molecule has 10 atom stereocenters. The minimum Gasteiger partial charge on any atom is -0.391 e. The molecular formula is C28H45BrF2N4O3. The summed E-state index contributed by atoms with van der Waals surface area (Å²) in [6.07, 6.45) is 8.41. The van der Waals surface area contributed by atoms with E-state index in [-0.39, 0.29) is 36.4 Å². The molecule has 3 aliphatic carbocycles. The minimum atomic E-state index is -3.24. The van der Waals surface area contributed by atoms with Crippen LogP contribution in [0.2, 0.25) is 0 Å². The molecule has 0 aromatic carbocycles. The summed E-state index contributed by atoms with van der Waals surface area (Å²) >= 11 is 3.41. The predicted octanol–water partition coefficient (Wildman–Crippen LogP) is 3.99. The van der Waals surface area contributed by atoms with Crippen LogP contribution in [0, 0.1) is 23.7 Å². The molecule has 3 N–H and O–H groups in total. The molecule has 3 saturated carbocycles. The number of amides is 1. The van der Waals surface area contributed by atoms with Gasteiger partial charge in [-0.25, -0.2) is 5.01 Å². The van der Waals surface area contributed by atoms with E-state index in [1.54, 1.807) is 0 Å². The van der Waals surface area contributed by atoms with Crippen molar-refractivity contribution in [1.29, 1.82) is 0 Å². The zero-order chi connectivity index (χ0) is 26.6. The third kappa shape index (κ3) is 5.43. The number of rotatable bonds is 5. The van der Waals surface area contributed by atoms with E-state index >= 15 is 0 Å². The van der Waals surface area contributed by atoms with Crippen molar-refractivity contribution < 1.29 is 23.4 Å². The second-order valence-corrected chi connectivity index (χ2v) is 14.1. The Morgan fingerprint density at radius 2 is 1.76 bits per heavy atom. The van der Waals surface area contributed by atoms with Crippen molar-refractivity contribution in [2.45, 2.75) is 131 Å². The van der Waals surface area contributed by atoms with E-state index in [2.05, 4.69) is 36.6 Å². The molecular weight excluding hydrogens is 558 g/mol. The summed E-state index contributed by atoms with van der Waals surface area (Å²) in [6.45, 7) is 1.91. The molecule has 3 heterocycles. The number of likely N-dealkylation sites (tertiary alicyclic amines) is 1. The zero-order valence-electron chi connectivity index (χ0n) is 22.5. The number of aliphatic hydroxyl groups excluding tert-OH is 1. The fourth-order valence-corrected chi connectivity index (χ4v) is 9.27. The molecule has 7 nitrogen and oxygen atoms in total. The fraction of sp³-hybridized carbons (Fsp3) is 0.964. The smallest absolute Gasteiger partial charge is 0.353 e. The summed E-state index contributed by atoms with van der Waals surface area (Å²) in [5.41, 5.74) is 3.87. The summed E-state index contributed by atoms with van der Waals surface area (Å²) in [6, 6.07) is 0.964. The van der Waals surface area contributed by atoms with Crippen LogP contribution in [0.5, 0.6) is 0 Å². The van der Waals surface area contributed by atoms with E-state index in [9.17, 15) is 18.7 Å². The number of carbonyl (C=O) groups is 1. The average Bonchev–Trinajstić information content (AvgIpc) is 3.05. The van der Waals surface area contributed by atoms with Crippen LogP contribution in [-0.4, -0.2) is 81.4 Å². The maximum Gasteiger partial charge on any atom is 0.353 e. The number of ether oxygens (including phenoxy) is 1. The first kappa shape index (κ1) is 27.8. The number of carbonyl (C=O) groups excluding carboxylic acids is 1. The van der Waals surface area contributed by atoms with Crippen molar-refractivity contribution in [2.24, 2.45) is 23.7 Å². The molecule has 6 aliphatic rings. The number of hydrogen-bond acceptors (Lipinski definition) is 6. The number of nitrogens with zero attached hydrogens (tertiary/aromatic N) is 2. The Labute approximate surface area is 233 Å². The minimum absolute atomic E-state index is 0.0773. The Balaban J connectivity index is 1.14. The summed E-state index contributed by atoms with van der Waals surface area (Å²) in [5, 5.41) is 16.9. The third-order valence-corrected chi connectivity index (χ3v) is 11.7. The van der Waals surface area contributed by atoms with E-state index in [0.717, 1.165) is 57.8 Å². The highest BCUT2D eigenvalue weighted by Gasteiger charge is 2.55. The van der Waals surface area contributed by atoms with Gasteiger partial charge in [-0.3, -0.25) is 10.2 Å². The van der Waals surface area contributed by atoms with Gasteiger partial charge in [-0.15, -0.1) is 0 Å². The zero-order valence-corrected chi connectivity index (χ0v) is 24.1. The molecule has 216 valence electrons. The second kappa shape index (κ2) is 11.1. The van der Waals surface area contributed by atoms with Crippen LogP contribution < -0.4 is 10.7 Å². The highest BCUT2D eigenvalue weighted by atomic mass is 79.9. The summed E-state index contributed by atoms with van der Waals surface area (Å²) in [5.74, 6) is 1.56. The van der Waals surface area contributed by atoms with Crippen LogP contribution in [0.25, 0.3) is 0 Å². The van der Waals surface area contributed by atoms with Gasteiger partial charge in [-0.2, -0.15) is 8.78 Å². The Kier molecular flexibility index (Phi) is 8.13. The van der Waals surface area contributed by atoms with E-state index in [0.29, 0.717) is 37.0 Å². The standard InChI is InChI=1S/C28H45BrF2N4O3/c1-28(30,31)38-24-14-18(15-32-26(24)29)27(37)34-12-11-22-25-19(7-2-3-8-21(25)34)33-35(22)20-10-9-17(13-23(20)36)16-5-4-6-16/h16-26,32-33,36H,2-15H2,1H3/t17?,18?,19?,20?,21-,22?,23?,24?,25?,26?/m0/s1. The molecule has 38 heavy (non-hydrogen) atoms. The van der Waals surface area contributed by atoms with Crippen molar-refractivity contribution in [1.82, 2.24) is 20.7 Å². The summed E-state index contributed by atoms with van der Waals surface area (Å²) in [7, 11) is 0. The number of aliphatic hydroxyl groups is 1. The van der Waals surface area contributed by atoms with E-state index in [1.807, 2.05) is 0 Å². The molecule has 3 saturated heterocycles. The topological polar surface area (TPSA) is 77.1 Å². The van der Waals surface area contributed by atoms with Gasteiger partial charge in [0, 0.05) is 44.1 Å². The molecule has 9 unspecified atom stereocenters. The van der Waals surface area contributed by atoms with Crippen molar-refractivity contribution in [3.63, 3.8) is 0 Å². The number of alkyl halides is 3. The number of hydrazine groups is 1. The van der Waals surface area contributed by atoms with Gasteiger partial charge in [0.15, 0.2) is 0 Å². The van der Waals surface area contributed by atoms with Gasteiger partial charge < -0.3 is 20.1 Å². The summed E-state index contributed by atoms with van der Waals surface area (Å²) < 4.78 is 32.3. The first-order chi connectivity index (χ1) is 18.2. The van der Waals surface area contributed by atoms with Crippen LogP contribution in [0.3, 0.4) is 0 Å². The molecule has 6 fully saturated rings. The highest BCUT2D eigenvalue weighted by Crippen LogP contribution is 2.46. The summed E-state index contributed by atoms with van der Waals surface area (Å²) in [4.78, 5) is 15.6. The second-order valence-electron chi connectivity index (χ2n) is 13.1. The first-order valence-electron chi connectivity index (χ1n) is 15.2. The van der Waals surface area contributed by atoms with Crippen molar-refractivity contribution in [2.75, 3.05) is 13.1 Å². The van der Waals surface area contributed by atoms with Gasteiger partial charge >= 0.3 is 6.11 Å². The lowest BCUT2D eigenvalue weighted by Gasteiger charge is -2.49. The molecule has 0 spiro atoms. The maximum absolute atomic E-state index is 13.9. The molecule has 10 heteroatoms. The monoisotopic (exact) mass is 602 g/mol. The van der Waals surface area contributed by atoms with Gasteiger partial charge in [0.2, 0.25) is 5.91 Å². The maximum atomic E-state index is 13.9. The van der Waals surface area contributed by atoms with E-state index < -0.39 is 17.2 Å². The Bertz CT molecular complexity index is 860. The van der Waals surface area contributed by atoms with Gasteiger partial charge in [-0.1, -0.05) is 48.0 Å². The molecule has 6 rings (SSSR count). The number of piperidine rings is 2. The lowest BCUT2D eigenvalue weighted by molar-refractivity contribution is -0.255. The molecule has 1 amide bonds. The van der Waals surface area contributed by atoms with Crippen LogP contribution in [-0.2, 0) is 9.53 Å². The van der Waals surface area contributed by atoms with Gasteiger partial charge in [0.05, 0.1) is 29.1 Å². The number of hydrogen-bond donors (Lipinski definition) is 3. The number of nitrogens with one attached hydrogen (secondary N) is 2. The van der Waals surface area contributed by atoms with Gasteiger partial charge in [-0.05, 0) is 56.8 Å². The van der Waals surface area contributed by atoms with Crippen molar-refractivity contribution in [3.8, 4) is 0 Å². The van der Waals surface area contributed by atoms with Crippen molar-refractivity contribution in [3.05, 3.63) is 0 Å². The van der Waals surface area contributed by atoms with Crippen LogP contribution in [0.15, 0.2) is 0 Å². The van der Waals surface area contributed by atoms with Crippen LogP contribution in [0.1, 0.15) is 84.0 Å². The Hall–Kier alpha value is -0.390. The Morgan fingerprint density at radius 3 is 2.47 bits per heavy atom. The number of halogens is 3. The first-order valence-corrected chi connectivity index (χ1v) is 16.1. The molecule has 0 aromatic heterocycles. The highest BCUT2D eigenvalue weighted by molar-refractivity contribution is 9.09. The van der Waals surface area contributed by atoms with Crippen LogP contribution >= 0.6 is 15.9 Å². The normalized spacial score (nSPS) is 44.8. The van der Waals surface area contributed by atoms with E-state index in [1.165, 1.54) is 25.7 Å². The largest absolute Gasteiger partial charge is 0.391 e. The lowest BCUT2D eigenvalue weighted by atomic mass is 9.68. The van der Waals surface area contributed by atoms with Gasteiger partial charge in [0.25, 0.3) is 0 Å². The molecule has 0 bridgehead atoms. The van der Waals surface area contributed by atoms with Crippen molar-refractivity contribution >= 4 is 21.8 Å². The average molecular weight is 604 g/mol. The quantitative estimate of drug-likeness (QED) is 0.326. The van der Waals surface area contributed by atoms with E-state index in [4.69, 9.17) is 4.74 Å². The van der Waals surface area contributed by atoms with Gasteiger partial charge in [0.1, 0.15) is 0 Å². The SMILES string of the molecule is CC(F)(F)OC1CC(C(=O)N2CCC3C4C(CCCC[C@@H]42)NN3C2CCC(C3CCC3)CC2O)CNC1Br. The van der Waals surface area contributed by atoms with Crippen LogP contribution in [0.4, 0.5) is 8.78 Å². The lowest BCUT2D eigenvalue weighted by Crippen LogP contribution is -2.61. The third-order valence-electron chi connectivity index (χ3n) is 10.7. The Morgan fingerprint density at radius 1 is 0.974 bits per heavy atom. The molecule has 3 aliphatic heterocycles. The molecule has 0 radical (unpaired) electrons. The fourth-order valence-electron chi connectivity index (χ4n) is 8.76. The predicted molar refractivity (Wildman–Crippen MR) is 143 cm³/mol.